The molecular weight excluding hydrogens is 603 g/mol. The Morgan fingerprint density at radius 2 is 1.65 bits per heavy atom. The zero-order chi connectivity index (χ0) is 24.2. The molecule has 2 heterocycles. The third-order valence-electron chi connectivity index (χ3n) is 5.09. The number of hydrogen-bond acceptors (Lipinski definition) is 5. The molecule has 4 aromatic rings. The fraction of sp³-hybridized carbons (Fsp3) is 0.286. The zero-order valence-electron chi connectivity index (χ0n) is 20.4. The number of aliphatic hydroxyl groups is 1. The van der Waals surface area contributed by atoms with Crippen molar-refractivity contribution in [3.63, 3.8) is 0 Å². The molecule has 0 bridgehead atoms. The van der Waals surface area contributed by atoms with Gasteiger partial charge in [-0.2, -0.15) is 0 Å². The normalized spacial score (nSPS) is 12.0. The van der Waals surface area contributed by atoms with Crippen LogP contribution in [0.5, 0.6) is 0 Å². The molecule has 2 aromatic heterocycles. The average molecular weight is 633 g/mol. The van der Waals surface area contributed by atoms with Gasteiger partial charge in [-0.05, 0) is 6.07 Å². The van der Waals surface area contributed by atoms with Gasteiger partial charge in [0.15, 0.2) is 5.78 Å². The number of rotatable bonds is 2. The van der Waals surface area contributed by atoms with Crippen LogP contribution >= 0.6 is 0 Å². The van der Waals surface area contributed by atoms with Crippen molar-refractivity contribution in [1.29, 1.82) is 0 Å². The van der Waals surface area contributed by atoms with Crippen molar-refractivity contribution < 1.29 is 30.0 Å². The first-order valence-corrected chi connectivity index (χ1v) is 10.9. The van der Waals surface area contributed by atoms with E-state index < -0.39 is 5.41 Å². The van der Waals surface area contributed by atoms with Gasteiger partial charge in [0.25, 0.3) is 0 Å². The molecule has 2 aromatic carbocycles. The van der Waals surface area contributed by atoms with Crippen LogP contribution in [0.3, 0.4) is 0 Å². The van der Waals surface area contributed by atoms with Crippen LogP contribution in [0.15, 0.2) is 72.9 Å². The number of nitrogens with zero attached hydrogens (tertiary/aromatic N) is 3. The molecule has 179 valence electrons. The minimum Gasteiger partial charge on any atom is -0.512 e. The van der Waals surface area contributed by atoms with Crippen LogP contribution in [0, 0.1) is 16.9 Å². The summed E-state index contributed by atoms with van der Waals surface area (Å²) in [5.41, 5.74) is 1.09. The number of carbonyl (C=O) groups is 1. The van der Waals surface area contributed by atoms with Crippen LogP contribution in [0.1, 0.15) is 41.5 Å². The van der Waals surface area contributed by atoms with Gasteiger partial charge in [0.2, 0.25) is 0 Å². The summed E-state index contributed by atoms with van der Waals surface area (Å²) < 4.78 is 0. The number of allylic oxidation sites excluding steroid dienone is 2. The molecule has 4 rings (SSSR count). The number of hydrogen-bond donors (Lipinski definition) is 1. The summed E-state index contributed by atoms with van der Waals surface area (Å²) in [7, 11) is 0. The summed E-state index contributed by atoms with van der Waals surface area (Å²) >= 11 is 0. The molecule has 5 nitrogen and oxygen atoms in total. The largest absolute Gasteiger partial charge is 0.512 e. The van der Waals surface area contributed by atoms with Crippen molar-refractivity contribution in [3.05, 3.63) is 79.0 Å². The van der Waals surface area contributed by atoms with Crippen molar-refractivity contribution in [3.8, 4) is 11.4 Å². The van der Waals surface area contributed by atoms with Crippen molar-refractivity contribution >= 4 is 27.5 Å². The fourth-order valence-electron chi connectivity index (χ4n) is 2.88. The molecule has 6 heteroatoms. The molecule has 0 aliphatic heterocycles. The summed E-state index contributed by atoms with van der Waals surface area (Å²) in [6, 6.07) is 17.0. The van der Waals surface area contributed by atoms with Crippen LogP contribution in [0.4, 0.5) is 0 Å². The Labute approximate surface area is 214 Å². The van der Waals surface area contributed by atoms with Gasteiger partial charge in [0, 0.05) is 71.8 Å². The maximum Gasteiger partial charge on any atom is 0.164 e. The van der Waals surface area contributed by atoms with E-state index in [-0.39, 0.29) is 37.1 Å². The van der Waals surface area contributed by atoms with Crippen molar-refractivity contribution in [1.82, 2.24) is 15.0 Å². The van der Waals surface area contributed by atoms with Crippen LogP contribution in [-0.4, -0.2) is 25.8 Å². The molecule has 1 radical (unpaired) electrons. The fourth-order valence-corrected chi connectivity index (χ4v) is 2.88. The molecule has 0 saturated carbocycles. The van der Waals surface area contributed by atoms with Crippen molar-refractivity contribution in [2.45, 2.75) is 41.5 Å². The predicted octanol–water partition coefficient (Wildman–Crippen LogP) is 6.73. The van der Waals surface area contributed by atoms with Gasteiger partial charge < -0.3 is 5.11 Å². The van der Waals surface area contributed by atoms with E-state index in [1.54, 1.807) is 6.20 Å². The second kappa shape index (κ2) is 11.0. The Balaban J connectivity index is 0.000000258. The number of fused-ring (bicyclic) bond motifs is 3. The van der Waals surface area contributed by atoms with Gasteiger partial charge in [-0.1, -0.05) is 53.7 Å². The number of benzene rings is 2. The van der Waals surface area contributed by atoms with E-state index in [1.807, 2.05) is 96.4 Å². The van der Waals surface area contributed by atoms with Gasteiger partial charge >= 0.3 is 0 Å². The van der Waals surface area contributed by atoms with Gasteiger partial charge in [-0.25, -0.2) is 0 Å². The van der Waals surface area contributed by atoms with Gasteiger partial charge in [-0.15, -0.1) is 35.9 Å². The molecule has 0 amide bonds. The Morgan fingerprint density at radius 3 is 2.26 bits per heavy atom. The van der Waals surface area contributed by atoms with Crippen LogP contribution in [0.25, 0.3) is 33.1 Å². The number of ketones is 1. The third kappa shape index (κ3) is 6.78. The molecule has 34 heavy (non-hydrogen) atoms. The van der Waals surface area contributed by atoms with E-state index in [4.69, 9.17) is 4.98 Å². The number of aromatic nitrogens is 3. The average Bonchev–Trinajstić information content (AvgIpc) is 2.78. The second-order valence-electron chi connectivity index (χ2n) is 9.96. The molecule has 0 unspecified atom stereocenters. The minimum absolute atomic E-state index is 0. The Hall–Kier alpha value is -2.95. The molecule has 0 aliphatic carbocycles. The first-order chi connectivity index (χ1) is 15.5. The summed E-state index contributed by atoms with van der Waals surface area (Å²) in [5, 5.41) is 12.8. The minimum atomic E-state index is -0.417. The maximum absolute atomic E-state index is 11.5. The molecule has 0 spiro atoms. The van der Waals surface area contributed by atoms with Crippen molar-refractivity contribution in [2.24, 2.45) is 10.8 Å². The molecule has 0 saturated heterocycles. The molecule has 0 aliphatic rings. The summed E-state index contributed by atoms with van der Waals surface area (Å²) in [6.45, 7) is 11.1. The van der Waals surface area contributed by atoms with Crippen LogP contribution < -0.4 is 0 Å². The smallest absolute Gasteiger partial charge is 0.164 e. The van der Waals surface area contributed by atoms with Gasteiger partial charge in [-0.3, -0.25) is 19.7 Å². The number of pyridine rings is 1. The molecular formula is C28H30IrN3O2-. The Bertz CT molecular complexity index is 1300. The van der Waals surface area contributed by atoms with E-state index in [0.717, 1.165) is 27.2 Å². The van der Waals surface area contributed by atoms with E-state index in [1.165, 1.54) is 6.08 Å². The summed E-state index contributed by atoms with van der Waals surface area (Å²) in [4.78, 5) is 24.8. The predicted molar refractivity (Wildman–Crippen MR) is 134 cm³/mol. The summed E-state index contributed by atoms with van der Waals surface area (Å²) in [5.74, 6) is 0.801. The molecule has 0 fully saturated rings. The van der Waals surface area contributed by atoms with Gasteiger partial charge in [0.05, 0.1) is 11.3 Å². The Morgan fingerprint density at radius 1 is 0.941 bits per heavy atom. The van der Waals surface area contributed by atoms with Gasteiger partial charge in [0.1, 0.15) is 5.76 Å². The maximum atomic E-state index is 11.5. The first-order valence-electron chi connectivity index (χ1n) is 10.9. The van der Waals surface area contributed by atoms with E-state index in [0.29, 0.717) is 5.82 Å². The zero-order valence-corrected chi connectivity index (χ0v) is 22.8. The van der Waals surface area contributed by atoms with Crippen LogP contribution in [-0.2, 0) is 24.9 Å². The van der Waals surface area contributed by atoms with E-state index in [2.05, 4.69) is 16.0 Å². The monoisotopic (exact) mass is 633 g/mol. The number of aliphatic hydroxyl groups excluding tert-OH is 1. The third-order valence-corrected chi connectivity index (χ3v) is 5.09. The molecule has 0 atom stereocenters. The topological polar surface area (TPSA) is 76.0 Å². The SMILES string of the molecule is CC(C)(C)C(=O)/C=C(\O)C(C)(C)C.[Ir].[c-]1ccccc1-c1ncc2ccc3cnccc3c2n1. The van der Waals surface area contributed by atoms with Crippen LogP contribution in [0.2, 0.25) is 0 Å². The quantitative estimate of drug-likeness (QED) is 0.115. The summed E-state index contributed by atoms with van der Waals surface area (Å²) in [6.07, 6.45) is 6.84. The number of carbonyl (C=O) groups excluding carboxylic acids is 1. The second-order valence-corrected chi connectivity index (χ2v) is 9.96. The Kier molecular flexibility index (Phi) is 8.82. The first kappa shape index (κ1) is 27.3. The van der Waals surface area contributed by atoms with E-state index in [9.17, 15) is 9.90 Å². The van der Waals surface area contributed by atoms with E-state index >= 15 is 0 Å². The van der Waals surface area contributed by atoms with Crippen molar-refractivity contribution in [2.75, 3.05) is 0 Å². The molecule has 1 N–H and O–H groups in total. The standard InChI is InChI=1S/C17H10N3.C11H20O2.Ir/c1-2-4-12(5-3-1)17-19-11-14-7-6-13-10-18-9-8-15(13)16(14)20-17;1-10(2,3)8(12)7-9(13)11(4,5)6;/h1-4,6-11H;7,12H,1-6H3;/q-1;;/b;8-7-;.